The molecule has 0 aliphatic rings. The number of halogens is 1. The summed E-state index contributed by atoms with van der Waals surface area (Å²) < 4.78 is 18.9. The van der Waals surface area contributed by atoms with Gasteiger partial charge >= 0.3 is 0 Å². The average molecular weight is 262 g/mol. The number of hydrogen-bond donors (Lipinski definition) is 1. The minimum Gasteiger partial charge on any atom is -0.497 e. The number of anilines is 1. The molecule has 0 saturated carbocycles. The van der Waals surface area contributed by atoms with E-state index in [1.54, 1.807) is 19.2 Å². The summed E-state index contributed by atoms with van der Waals surface area (Å²) in [5.41, 5.74) is 1.96. The first-order valence-electron chi connectivity index (χ1n) is 5.95. The molecule has 19 heavy (non-hydrogen) atoms. The highest BCUT2D eigenvalue weighted by atomic mass is 19.1. The van der Waals surface area contributed by atoms with Crippen LogP contribution >= 0.6 is 0 Å². The molecule has 4 heteroatoms. The molecule has 1 rings (SSSR count). The third-order valence-electron chi connectivity index (χ3n) is 2.66. The Bertz CT molecular complexity index is 533. The van der Waals surface area contributed by atoms with Gasteiger partial charge in [-0.3, -0.25) is 0 Å². The zero-order chi connectivity index (χ0) is 14.4. The van der Waals surface area contributed by atoms with Crippen molar-refractivity contribution in [3.63, 3.8) is 0 Å². The van der Waals surface area contributed by atoms with E-state index in [-0.39, 0.29) is 5.82 Å². The van der Waals surface area contributed by atoms with Gasteiger partial charge in [-0.1, -0.05) is 12.6 Å². The molecular weight excluding hydrogens is 243 g/mol. The Balaban J connectivity index is 3.12. The maximum atomic E-state index is 13.8. The summed E-state index contributed by atoms with van der Waals surface area (Å²) in [5.74, 6) is 0.678. The number of hydrogen-bond acceptors (Lipinski definition) is 3. The maximum absolute atomic E-state index is 13.8. The smallest absolute Gasteiger partial charge is 0.146 e. The van der Waals surface area contributed by atoms with Gasteiger partial charge in [-0.25, -0.2) is 9.38 Å². The standard InChI is InChI=1S/C15H19FN2O/c1-6-17-15(11(3)12(4)19-5)18-14-8-7-10(2)9-13(14)16/h6-9,18H,4H2,1-3,5H3/b15-11+,17-6-. The monoisotopic (exact) mass is 262 g/mol. The van der Waals surface area contributed by atoms with Gasteiger partial charge in [0.1, 0.15) is 17.4 Å². The second-order valence-electron chi connectivity index (χ2n) is 4.10. The third kappa shape index (κ3) is 3.95. The topological polar surface area (TPSA) is 33.6 Å². The number of methoxy groups -OCH3 is 1. The van der Waals surface area contributed by atoms with Gasteiger partial charge in [0.25, 0.3) is 0 Å². The molecule has 0 spiro atoms. The molecule has 0 amide bonds. The van der Waals surface area contributed by atoms with Gasteiger partial charge < -0.3 is 10.1 Å². The molecule has 1 N–H and O–H groups in total. The number of rotatable bonds is 5. The van der Waals surface area contributed by atoms with E-state index in [1.807, 2.05) is 19.9 Å². The van der Waals surface area contributed by atoms with Crippen LogP contribution < -0.4 is 5.32 Å². The summed E-state index contributed by atoms with van der Waals surface area (Å²) >= 11 is 0. The molecule has 0 aliphatic carbocycles. The molecule has 0 aromatic heterocycles. The first-order valence-corrected chi connectivity index (χ1v) is 5.95. The fourth-order valence-corrected chi connectivity index (χ4v) is 1.49. The van der Waals surface area contributed by atoms with Crippen LogP contribution in [0.5, 0.6) is 0 Å². The number of nitrogens with zero attached hydrogens (tertiary/aromatic N) is 1. The SMILES string of the molecule is C=C(OC)/C(C)=C(\N=C/C)Nc1ccc(C)cc1F. The largest absolute Gasteiger partial charge is 0.497 e. The molecule has 0 bridgehead atoms. The zero-order valence-corrected chi connectivity index (χ0v) is 11.7. The maximum Gasteiger partial charge on any atom is 0.146 e. The quantitative estimate of drug-likeness (QED) is 0.494. The minimum absolute atomic E-state index is 0.320. The van der Waals surface area contributed by atoms with Crippen LogP contribution in [0.15, 0.2) is 46.9 Å². The minimum atomic E-state index is -0.320. The van der Waals surface area contributed by atoms with Gasteiger partial charge in [0, 0.05) is 11.8 Å². The Labute approximate surface area is 113 Å². The van der Waals surface area contributed by atoms with Gasteiger partial charge in [-0.2, -0.15) is 0 Å². The first-order chi connectivity index (χ1) is 8.99. The second-order valence-corrected chi connectivity index (χ2v) is 4.10. The van der Waals surface area contributed by atoms with Crippen molar-refractivity contribution in [1.29, 1.82) is 0 Å². The fourth-order valence-electron chi connectivity index (χ4n) is 1.49. The number of benzene rings is 1. The van der Waals surface area contributed by atoms with E-state index in [0.29, 0.717) is 17.3 Å². The average Bonchev–Trinajstić information content (AvgIpc) is 2.39. The Hall–Kier alpha value is -2.10. The third-order valence-corrected chi connectivity index (χ3v) is 2.66. The van der Waals surface area contributed by atoms with Crippen LogP contribution in [0.25, 0.3) is 0 Å². The van der Waals surface area contributed by atoms with Crippen LogP contribution in [0, 0.1) is 12.7 Å². The highest BCUT2D eigenvalue weighted by Gasteiger charge is 2.08. The van der Waals surface area contributed by atoms with E-state index in [1.165, 1.54) is 13.2 Å². The van der Waals surface area contributed by atoms with Crippen molar-refractivity contribution in [2.45, 2.75) is 20.8 Å². The van der Waals surface area contributed by atoms with Crippen LogP contribution in [-0.4, -0.2) is 13.3 Å². The summed E-state index contributed by atoms with van der Waals surface area (Å²) in [4.78, 5) is 4.19. The summed E-state index contributed by atoms with van der Waals surface area (Å²) in [7, 11) is 1.53. The zero-order valence-electron chi connectivity index (χ0n) is 11.7. The molecule has 3 nitrogen and oxygen atoms in total. The predicted molar refractivity (Wildman–Crippen MR) is 77.8 cm³/mol. The molecule has 0 aliphatic heterocycles. The second kappa shape index (κ2) is 6.73. The summed E-state index contributed by atoms with van der Waals surface area (Å²) in [5, 5.41) is 2.96. The summed E-state index contributed by atoms with van der Waals surface area (Å²) in [6, 6.07) is 4.98. The highest BCUT2D eigenvalue weighted by Crippen LogP contribution is 2.21. The van der Waals surface area contributed by atoms with Gasteiger partial charge in [0.15, 0.2) is 0 Å². The lowest BCUT2D eigenvalue weighted by Crippen LogP contribution is -2.04. The normalized spacial score (nSPS) is 12.3. The van der Waals surface area contributed by atoms with Crippen molar-refractivity contribution in [2.24, 2.45) is 4.99 Å². The number of aryl methyl sites for hydroxylation is 1. The van der Waals surface area contributed by atoms with Crippen LogP contribution in [0.4, 0.5) is 10.1 Å². The molecule has 102 valence electrons. The van der Waals surface area contributed by atoms with E-state index >= 15 is 0 Å². The van der Waals surface area contributed by atoms with Crippen LogP contribution in [0.3, 0.4) is 0 Å². The van der Waals surface area contributed by atoms with Gasteiger partial charge in [-0.05, 0) is 38.5 Å². The van der Waals surface area contributed by atoms with Gasteiger partial charge in [-0.15, -0.1) is 0 Å². The Morgan fingerprint density at radius 2 is 2.16 bits per heavy atom. The van der Waals surface area contributed by atoms with Gasteiger partial charge in [0.2, 0.25) is 0 Å². The van der Waals surface area contributed by atoms with Crippen molar-refractivity contribution >= 4 is 11.9 Å². The van der Waals surface area contributed by atoms with Crippen LogP contribution in [-0.2, 0) is 4.74 Å². The van der Waals surface area contributed by atoms with Crippen molar-refractivity contribution in [3.8, 4) is 0 Å². The van der Waals surface area contributed by atoms with E-state index in [2.05, 4.69) is 16.9 Å². The molecule has 0 saturated heterocycles. The lowest BCUT2D eigenvalue weighted by atomic mass is 10.2. The van der Waals surface area contributed by atoms with E-state index in [9.17, 15) is 4.39 Å². The number of ether oxygens (including phenoxy) is 1. The molecule has 0 heterocycles. The Morgan fingerprint density at radius 3 is 2.68 bits per heavy atom. The Morgan fingerprint density at radius 1 is 1.47 bits per heavy atom. The molecule has 0 unspecified atom stereocenters. The van der Waals surface area contributed by atoms with E-state index in [0.717, 1.165) is 11.1 Å². The van der Waals surface area contributed by atoms with Crippen molar-refractivity contribution in [3.05, 3.63) is 53.3 Å². The molecular formula is C15H19FN2O. The lowest BCUT2D eigenvalue weighted by Gasteiger charge is -2.13. The number of nitrogens with one attached hydrogen (secondary N) is 1. The van der Waals surface area contributed by atoms with Crippen LogP contribution in [0.1, 0.15) is 19.4 Å². The van der Waals surface area contributed by atoms with Gasteiger partial charge in [0.05, 0.1) is 12.8 Å². The summed E-state index contributed by atoms with van der Waals surface area (Å²) in [6.45, 7) is 9.21. The Kier molecular flexibility index (Phi) is 5.30. The predicted octanol–water partition coefficient (Wildman–Crippen LogP) is 4.03. The fraction of sp³-hybridized carbons (Fsp3) is 0.267. The molecule has 0 radical (unpaired) electrons. The van der Waals surface area contributed by atoms with E-state index < -0.39 is 0 Å². The highest BCUT2D eigenvalue weighted by molar-refractivity contribution is 5.60. The van der Waals surface area contributed by atoms with Crippen molar-refractivity contribution in [1.82, 2.24) is 0 Å². The summed E-state index contributed by atoms with van der Waals surface area (Å²) in [6.07, 6.45) is 1.63. The number of aliphatic imine (C=N–C) groups is 1. The molecule has 0 fully saturated rings. The van der Waals surface area contributed by atoms with Crippen molar-refractivity contribution in [2.75, 3.05) is 12.4 Å². The molecule has 0 atom stereocenters. The lowest BCUT2D eigenvalue weighted by molar-refractivity contribution is 0.302. The van der Waals surface area contributed by atoms with E-state index in [4.69, 9.17) is 4.74 Å². The van der Waals surface area contributed by atoms with Crippen molar-refractivity contribution < 1.29 is 9.13 Å². The molecule has 1 aromatic carbocycles. The first kappa shape index (κ1) is 15.0. The van der Waals surface area contributed by atoms with Crippen LogP contribution in [0.2, 0.25) is 0 Å². The number of allylic oxidation sites excluding steroid dienone is 1. The molecule has 1 aromatic rings.